The zero-order valence-corrected chi connectivity index (χ0v) is 21.7. The number of Topliss-reactive ketones (excluding diaryl/α,β-unsaturated/α-hetero) is 1. The average Bonchev–Trinajstić information content (AvgIpc) is 3.13. The number of carbonyl (C=O) groups is 2. The molecular formula is C29H31ClN2O5. The number of halogens is 1. The highest BCUT2D eigenvalue weighted by Gasteiger charge is 2.68. The van der Waals surface area contributed by atoms with Crippen LogP contribution in [0.2, 0.25) is 5.02 Å². The molecule has 0 saturated heterocycles. The monoisotopic (exact) mass is 522 g/mol. The number of hydrogen-bond acceptors (Lipinski definition) is 7. The predicted molar refractivity (Wildman–Crippen MR) is 138 cm³/mol. The fourth-order valence-corrected chi connectivity index (χ4v) is 8.33. The number of aliphatic hydroxyl groups excluding tert-OH is 1. The van der Waals surface area contributed by atoms with Crippen molar-refractivity contribution in [3.63, 3.8) is 0 Å². The summed E-state index contributed by atoms with van der Waals surface area (Å²) >= 11 is 6.14. The summed E-state index contributed by atoms with van der Waals surface area (Å²) in [6.07, 6.45) is 8.94. The molecule has 1 aromatic heterocycles. The van der Waals surface area contributed by atoms with Crippen LogP contribution in [0.15, 0.2) is 48.3 Å². The second-order valence-electron chi connectivity index (χ2n) is 11.7. The van der Waals surface area contributed by atoms with E-state index in [1.807, 2.05) is 13.0 Å². The highest BCUT2D eigenvalue weighted by atomic mass is 35.5. The van der Waals surface area contributed by atoms with Gasteiger partial charge in [0.15, 0.2) is 12.4 Å². The standard InChI is InChI=1S/C29H31ClN2O5/c1-27-9-7-18(33)11-16(27)3-5-19-21-8-10-29(36,28(21,2)13-23(34)25(19)27)24(35)14-37-26-20-12-17(30)4-6-22(20)31-15-32-26/h4,6-7,9,11-12,15,19,21,23,25,34,36H,3,5,8,10,13-14H2,1-2H3/t19?,21?,23?,25?,27?,28?,29-/m0/s1. The van der Waals surface area contributed by atoms with Crippen molar-refractivity contribution in [1.29, 1.82) is 0 Å². The molecule has 0 radical (unpaired) electrons. The van der Waals surface area contributed by atoms with E-state index in [4.69, 9.17) is 16.3 Å². The Morgan fingerprint density at radius 3 is 2.86 bits per heavy atom. The molecule has 3 saturated carbocycles. The van der Waals surface area contributed by atoms with Crippen molar-refractivity contribution in [1.82, 2.24) is 9.97 Å². The van der Waals surface area contributed by atoms with E-state index in [0.717, 1.165) is 18.4 Å². The smallest absolute Gasteiger partial charge is 0.224 e. The maximum atomic E-state index is 13.6. The van der Waals surface area contributed by atoms with Gasteiger partial charge in [-0.25, -0.2) is 9.97 Å². The molecule has 0 bridgehead atoms. The number of aliphatic hydroxyl groups is 2. The van der Waals surface area contributed by atoms with Crippen LogP contribution in [0, 0.1) is 28.6 Å². The van der Waals surface area contributed by atoms with Gasteiger partial charge >= 0.3 is 0 Å². The van der Waals surface area contributed by atoms with E-state index in [1.165, 1.54) is 6.33 Å². The highest BCUT2D eigenvalue weighted by Crippen LogP contribution is 2.67. The average molecular weight is 523 g/mol. The number of rotatable bonds is 4. The number of nitrogens with zero attached hydrogens (tertiary/aromatic N) is 2. The zero-order valence-electron chi connectivity index (χ0n) is 21.0. The van der Waals surface area contributed by atoms with Crippen LogP contribution in [0.3, 0.4) is 0 Å². The lowest BCUT2D eigenvalue weighted by molar-refractivity contribution is -0.178. The molecule has 37 heavy (non-hydrogen) atoms. The first kappa shape index (κ1) is 24.7. The number of ether oxygens (including phenoxy) is 1. The molecule has 6 unspecified atom stereocenters. The molecule has 3 fully saturated rings. The number of aromatic nitrogens is 2. The summed E-state index contributed by atoms with van der Waals surface area (Å²) in [5, 5.41) is 24.6. The van der Waals surface area contributed by atoms with E-state index >= 15 is 0 Å². The third-order valence-corrected chi connectivity index (χ3v) is 10.2. The van der Waals surface area contributed by atoms with Gasteiger partial charge in [0.1, 0.15) is 11.9 Å². The van der Waals surface area contributed by atoms with Crippen LogP contribution in [-0.4, -0.2) is 50.1 Å². The van der Waals surface area contributed by atoms with Gasteiger partial charge < -0.3 is 14.9 Å². The van der Waals surface area contributed by atoms with Crippen molar-refractivity contribution >= 4 is 34.1 Å². The number of fused-ring (bicyclic) bond motifs is 6. The van der Waals surface area contributed by atoms with Gasteiger partial charge in [-0.15, -0.1) is 0 Å². The first-order valence-electron chi connectivity index (χ1n) is 13.0. The highest BCUT2D eigenvalue weighted by molar-refractivity contribution is 6.31. The van der Waals surface area contributed by atoms with Crippen LogP contribution in [-0.2, 0) is 9.59 Å². The Morgan fingerprint density at radius 2 is 2.05 bits per heavy atom. The van der Waals surface area contributed by atoms with Gasteiger partial charge in [-0.2, -0.15) is 0 Å². The second-order valence-corrected chi connectivity index (χ2v) is 12.1. The lowest BCUT2D eigenvalue weighted by atomic mass is 9.46. The SMILES string of the molecule is CC12C=CC(=O)C=C1CCC1C2C(O)CC2(C)C1CC[C@]2(O)C(=O)COc1ncnc2ccc(Cl)cc12. The molecule has 8 heteroatoms. The van der Waals surface area contributed by atoms with Crippen LogP contribution >= 0.6 is 11.6 Å². The number of carbonyl (C=O) groups excluding carboxylic acids is 2. The first-order chi connectivity index (χ1) is 17.6. The Bertz CT molecular complexity index is 1370. The quantitative estimate of drug-likeness (QED) is 0.618. The molecule has 0 aliphatic heterocycles. The van der Waals surface area contributed by atoms with Gasteiger partial charge in [0, 0.05) is 21.8 Å². The van der Waals surface area contributed by atoms with Crippen LogP contribution < -0.4 is 4.74 Å². The topological polar surface area (TPSA) is 110 Å². The Morgan fingerprint density at radius 1 is 1.24 bits per heavy atom. The van der Waals surface area contributed by atoms with Crippen molar-refractivity contribution in [2.45, 2.75) is 57.7 Å². The third kappa shape index (κ3) is 3.54. The van der Waals surface area contributed by atoms with E-state index < -0.39 is 22.9 Å². The molecule has 4 aliphatic carbocycles. The van der Waals surface area contributed by atoms with Gasteiger partial charge in [-0.05, 0) is 74.3 Å². The molecule has 7 nitrogen and oxygen atoms in total. The summed E-state index contributed by atoms with van der Waals surface area (Å²) < 4.78 is 5.84. The minimum Gasteiger partial charge on any atom is -0.469 e. The number of hydrogen-bond donors (Lipinski definition) is 2. The Kier molecular flexibility index (Phi) is 5.64. The summed E-state index contributed by atoms with van der Waals surface area (Å²) in [7, 11) is 0. The summed E-state index contributed by atoms with van der Waals surface area (Å²) in [6, 6.07) is 5.17. The van der Waals surface area contributed by atoms with Crippen LogP contribution in [0.5, 0.6) is 5.88 Å². The zero-order chi connectivity index (χ0) is 26.2. The molecule has 6 rings (SSSR count). The number of allylic oxidation sites excluding steroid dienone is 4. The molecule has 7 atom stereocenters. The number of benzene rings is 1. The van der Waals surface area contributed by atoms with Crippen LogP contribution in [0.1, 0.15) is 46.0 Å². The molecule has 1 heterocycles. The fourth-order valence-electron chi connectivity index (χ4n) is 8.16. The van der Waals surface area contributed by atoms with E-state index in [2.05, 4.69) is 16.9 Å². The first-order valence-corrected chi connectivity index (χ1v) is 13.4. The van der Waals surface area contributed by atoms with Gasteiger partial charge in [0.05, 0.1) is 17.0 Å². The van der Waals surface area contributed by atoms with Crippen molar-refractivity contribution in [2.24, 2.45) is 28.6 Å². The Balaban J connectivity index is 1.26. The Labute approximate surface area is 220 Å². The van der Waals surface area contributed by atoms with Crippen LogP contribution in [0.25, 0.3) is 10.9 Å². The molecule has 4 aliphatic rings. The van der Waals surface area contributed by atoms with Crippen molar-refractivity contribution in [3.05, 3.63) is 53.4 Å². The normalized spacial score (nSPS) is 38.5. The third-order valence-electron chi connectivity index (χ3n) is 10.0. The minimum atomic E-state index is -1.61. The lowest BCUT2D eigenvalue weighted by Gasteiger charge is -2.59. The van der Waals surface area contributed by atoms with Crippen LogP contribution in [0.4, 0.5) is 0 Å². The van der Waals surface area contributed by atoms with Crippen molar-refractivity contribution in [3.8, 4) is 5.88 Å². The summed E-state index contributed by atoms with van der Waals surface area (Å²) in [5.74, 6) is 0.0116. The van der Waals surface area contributed by atoms with E-state index in [0.29, 0.717) is 35.2 Å². The van der Waals surface area contributed by atoms with E-state index in [1.54, 1.807) is 30.4 Å². The van der Waals surface area contributed by atoms with Crippen molar-refractivity contribution < 1.29 is 24.5 Å². The molecule has 2 aromatic rings. The van der Waals surface area contributed by atoms with Gasteiger partial charge in [-0.3, -0.25) is 9.59 Å². The summed E-state index contributed by atoms with van der Waals surface area (Å²) in [6.45, 7) is 3.73. The predicted octanol–water partition coefficient (Wildman–Crippen LogP) is 4.24. The maximum absolute atomic E-state index is 13.6. The largest absolute Gasteiger partial charge is 0.469 e. The Hall–Kier alpha value is -2.61. The minimum absolute atomic E-state index is 0.000591. The van der Waals surface area contributed by atoms with Gasteiger partial charge in [0.25, 0.3) is 0 Å². The number of ketones is 2. The van der Waals surface area contributed by atoms with E-state index in [9.17, 15) is 19.8 Å². The molecule has 0 amide bonds. The molecular weight excluding hydrogens is 492 g/mol. The van der Waals surface area contributed by atoms with Gasteiger partial charge in [-0.1, -0.05) is 37.1 Å². The van der Waals surface area contributed by atoms with E-state index in [-0.39, 0.29) is 41.4 Å². The molecule has 1 aromatic carbocycles. The molecule has 194 valence electrons. The summed E-state index contributed by atoms with van der Waals surface area (Å²) in [4.78, 5) is 34.0. The second kappa shape index (κ2) is 8.45. The molecule has 2 N–H and O–H groups in total. The fraction of sp³-hybridized carbons (Fsp3) is 0.517. The maximum Gasteiger partial charge on any atom is 0.224 e. The van der Waals surface area contributed by atoms with Gasteiger partial charge in [0.2, 0.25) is 11.7 Å². The van der Waals surface area contributed by atoms with Crippen molar-refractivity contribution in [2.75, 3.05) is 6.61 Å². The summed E-state index contributed by atoms with van der Waals surface area (Å²) in [5.41, 5.74) is -1.05. The lowest BCUT2D eigenvalue weighted by Crippen LogP contribution is -2.61. The molecule has 0 spiro atoms.